The van der Waals surface area contributed by atoms with Crippen LogP contribution in [0.1, 0.15) is 22.8 Å². The zero-order valence-electron chi connectivity index (χ0n) is 43.3. The minimum atomic E-state index is 0.850. The number of fused-ring (bicyclic) bond motifs is 16. The van der Waals surface area contributed by atoms with Crippen molar-refractivity contribution in [2.24, 2.45) is 0 Å². The van der Waals surface area contributed by atoms with Crippen molar-refractivity contribution < 1.29 is 0 Å². The number of hydrogen-bond acceptors (Lipinski definition) is 2. The number of nitrogens with zero attached hydrogens (tertiary/aromatic N) is 3. The molecule has 0 aliphatic carbocycles. The molecule has 15 aromatic rings. The average Bonchev–Trinajstić information content (AvgIpc) is 4.51. The molecule has 4 nitrogen and oxygen atoms in total. The molecule has 0 radical (unpaired) electrons. The maximum atomic E-state index is 5.85. The molecule has 2 aliphatic heterocycles. The summed E-state index contributed by atoms with van der Waals surface area (Å²) in [5, 5.41) is 18.5. The van der Waals surface area contributed by atoms with E-state index >= 15 is 0 Å². The Kier molecular flexibility index (Phi) is 9.68. The smallest absolute Gasteiger partial charge is 0.0737 e. The summed E-state index contributed by atoms with van der Waals surface area (Å²) < 4.78 is 2.66. The Morgan fingerprint density at radius 2 is 0.588 bits per heavy atom. The molecule has 8 bridgehead atoms. The van der Waals surface area contributed by atoms with Gasteiger partial charge in [-0.2, -0.15) is 0 Å². The van der Waals surface area contributed by atoms with E-state index in [-0.39, 0.29) is 0 Å². The van der Waals surface area contributed by atoms with E-state index in [0.29, 0.717) is 0 Å². The second kappa shape index (κ2) is 17.4. The quantitative estimate of drug-likeness (QED) is 0.179. The Morgan fingerprint density at radius 3 is 1.01 bits per heavy atom. The topological polar surface area (TPSA) is 46.5 Å². The van der Waals surface area contributed by atoms with Crippen LogP contribution in [0, 0.1) is 0 Å². The van der Waals surface area contributed by atoms with E-state index in [1.807, 2.05) is 0 Å². The number of H-pyrrole nitrogens is 1. The predicted molar refractivity (Wildman–Crippen MR) is 340 cm³/mol. The lowest BCUT2D eigenvalue weighted by atomic mass is 9.83. The third-order valence-electron chi connectivity index (χ3n) is 16.7. The zero-order chi connectivity index (χ0) is 52.4. The van der Waals surface area contributed by atoms with Gasteiger partial charge >= 0.3 is 0 Å². The number of rotatable bonds is 4. The summed E-state index contributed by atoms with van der Waals surface area (Å²) in [5.74, 6) is 0. The Hall–Kier alpha value is -10.7. The van der Waals surface area contributed by atoms with Crippen molar-refractivity contribution in [3.05, 3.63) is 271 Å². The molecule has 0 unspecified atom stereocenters. The minimum Gasteiger partial charge on any atom is -0.355 e. The van der Waals surface area contributed by atoms with Crippen LogP contribution in [0.3, 0.4) is 0 Å². The van der Waals surface area contributed by atoms with Crippen molar-refractivity contribution >= 4 is 133 Å². The summed E-state index contributed by atoms with van der Waals surface area (Å²) in [6.45, 7) is 0. The van der Waals surface area contributed by atoms with Crippen molar-refractivity contribution in [3.8, 4) is 39.1 Å². The van der Waals surface area contributed by atoms with Crippen molar-refractivity contribution in [3.63, 3.8) is 0 Å². The molecule has 3 aromatic heterocycles. The van der Waals surface area contributed by atoms with Gasteiger partial charge in [-0.05, 0) is 154 Å². The molecule has 0 fully saturated rings. The van der Waals surface area contributed by atoms with Gasteiger partial charge in [-0.3, -0.25) is 0 Å². The third-order valence-corrected chi connectivity index (χ3v) is 16.7. The summed E-state index contributed by atoms with van der Waals surface area (Å²) in [6, 6.07) is 92.1. The predicted octanol–water partition coefficient (Wildman–Crippen LogP) is 20.3. The van der Waals surface area contributed by atoms with E-state index in [1.165, 1.54) is 10.8 Å². The van der Waals surface area contributed by atoms with Gasteiger partial charge in [0.15, 0.2) is 0 Å². The molecule has 0 amide bonds. The fraction of sp³-hybridized carbons (Fsp3) is 0. The first-order chi connectivity index (χ1) is 39.6. The summed E-state index contributed by atoms with van der Waals surface area (Å²) >= 11 is 0. The average molecular weight is 1020 g/mol. The van der Waals surface area contributed by atoms with Crippen molar-refractivity contribution in [2.75, 3.05) is 0 Å². The van der Waals surface area contributed by atoms with E-state index in [4.69, 9.17) is 9.97 Å². The molecule has 0 saturated heterocycles. The molecule has 17 rings (SSSR count). The van der Waals surface area contributed by atoms with Crippen LogP contribution >= 0.6 is 0 Å². The molecule has 0 spiro atoms. The van der Waals surface area contributed by atoms with Crippen LogP contribution in [0.5, 0.6) is 0 Å². The van der Waals surface area contributed by atoms with Crippen molar-refractivity contribution in [1.82, 2.24) is 19.5 Å². The van der Waals surface area contributed by atoms with E-state index in [1.54, 1.807) is 0 Å². The van der Waals surface area contributed by atoms with Crippen LogP contribution in [0.4, 0.5) is 0 Å². The first-order valence-corrected chi connectivity index (χ1v) is 27.5. The Balaban J connectivity index is 1.30. The molecular formula is C76H46N4. The largest absolute Gasteiger partial charge is 0.355 e. The van der Waals surface area contributed by atoms with Gasteiger partial charge in [-0.1, -0.05) is 194 Å². The summed E-state index contributed by atoms with van der Waals surface area (Å²) in [6.07, 6.45) is 8.78. The minimum absolute atomic E-state index is 0.850. The Labute approximate surface area is 460 Å². The van der Waals surface area contributed by atoms with E-state index in [0.717, 1.165) is 159 Å². The summed E-state index contributed by atoms with van der Waals surface area (Å²) in [5.41, 5.74) is 15.2. The van der Waals surface area contributed by atoms with Crippen LogP contribution in [0.25, 0.3) is 172 Å². The number of hydrogen-bond donors (Lipinski definition) is 1. The van der Waals surface area contributed by atoms with Gasteiger partial charge in [0.05, 0.1) is 39.5 Å². The van der Waals surface area contributed by atoms with Crippen LogP contribution in [0.2, 0.25) is 0 Å². The molecule has 1 N–H and O–H groups in total. The van der Waals surface area contributed by atoms with Gasteiger partial charge in [0.2, 0.25) is 0 Å². The van der Waals surface area contributed by atoms with Gasteiger partial charge in [-0.25, -0.2) is 9.97 Å². The second-order valence-electron chi connectivity index (χ2n) is 21.3. The van der Waals surface area contributed by atoms with Gasteiger partial charge in [0, 0.05) is 55.2 Å². The van der Waals surface area contributed by atoms with Crippen LogP contribution in [0.15, 0.2) is 249 Å². The SMILES string of the molecule is C1=Cc2cc3c(-c4c5ccccc5cc5ccccc45)c(-c4c5ccccc5cc5ccccc45)c(c(-c4c5ccccc5cc5ccccc45)c4nc(cc5ccc(cc1n2)[nH]5)C=C4)n3-c1c2ccccc2cc2ccccc12. The highest BCUT2D eigenvalue weighted by Gasteiger charge is 2.32. The molecule has 5 heterocycles. The van der Waals surface area contributed by atoms with E-state index < -0.39 is 0 Å². The van der Waals surface area contributed by atoms with Crippen molar-refractivity contribution in [2.45, 2.75) is 0 Å². The molecule has 0 saturated carbocycles. The molecular weight excluding hydrogens is 969 g/mol. The highest BCUT2D eigenvalue weighted by atomic mass is 15.0. The maximum absolute atomic E-state index is 5.85. The fourth-order valence-electron chi connectivity index (χ4n) is 13.3. The van der Waals surface area contributed by atoms with Gasteiger partial charge in [-0.15, -0.1) is 0 Å². The first-order valence-electron chi connectivity index (χ1n) is 27.5. The Bertz CT molecular complexity index is 5220. The van der Waals surface area contributed by atoms with Gasteiger partial charge < -0.3 is 9.55 Å². The van der Waals surface area contributed by atoms with Crippen LogP contribution in [-0.2, 0) is 0 Å². The maximum Gasteiger partial charge on any atom is 0.0737 e. The second-order valence-corrected chi connectivity index (χ2v) is 21.3. The number of nitrogens with one attached hydrogen (secondary N) is 1. The summed E-state index contributed by atoms with van der Waals surface area (Å²) in [7, 11) is 0. The molecule has 2 aliphatic rings. The monoisotopic (exact) mass is 1010 g/mol. The van der Waals surface area contributed by atoms with Gasteiger partial charge in [0.1, 0.15) is 0 Å². The summed E-state index contributed by atoms with van der Waals surface area (Å²) in [4.78, 5) is 15.0. The van der Waals surface area contributed by atoms with Crippen molar-refractivity contribution in [1.29, 1.82) is 0 Å². The molecule has 4 heteroatoms. The molecule has 370 valence electrons. The third kappa shape index (κ3) is 6.82. The standard InChI is InChI=1S/C76H46N4/c1-9-25-59-46(17-1)39-47-18-2-10-26-60(47)69(59)72-67-38-37-57(79-67)44-56-34-33-54(77-56)43-55-35-36-58(78-55)45-68-73(70-61-27-11-3-19-48(61)40-49-20-4-12-28-62(49)70)74(71-63-29-13-5-21-50(63)41-51-22-6-14-30-64(51)71)76(72)80(68)75-65-31-15-7-23-52(65)42-53-24-8-16-32-66(53)75/h1-45,77H. The van der Waals surface area contributed by atoms with Crippen LogP contribution in [-0.4, -0.2) is 19.5 Å². The number of aromatic amines is 1. The van der Waals surface area contributed by atoms with Crippen LogP contribution < -0.4 is 0 Å². The van der Waals surface area contributed by atoms with E-state index in [9.17, 15) is 0 Å². The number of benzene rings is 12. The lowest BCUT2D eigenvalue weighted by Crippen LogP contribution is -2.01. The Morgan fingerprint density at radius 1 is 0.263 bits per heavy atom. The van der Waals surface area contributed by atoms with Gasteiger partial charge in [0.25, 0.3) is 0 Å². The lowest BCUT2D eigenvalue weighted by Gasteiger charge is -2.20. The first kappa shape index (κ1) is 44.4. The number of aromatic nitrogens is 4. The highest BCUT2D eigenvalue weighted by Crippen LogP contribution is 2.55. The highest BCUT2D eigenvalue weighted by molar-refractivity contribution is 6.29. The zero-order valence-corrected chi connectivity index (χ0v) is 43.3. The fourth-order valence-corrected chi connectivity index (χ4v) is 13.3. The normalized spacial score (nSPS) is 12.4. The molecule has 0 atom stereocenters. The van der Waals surface area contributed by atoms with E-state index in [2.05, 4.69) is 283 Å². The molecule has 12 aromatic carbocycles. The lowest BCUT2D eigenvalue weighted by molar-refractivity contribution is 1.20. The molecule has 80 heavy (non-hydrogen) atoms.